The second-order valence-electron chi connectivity index (χ2n) is 3.47. The number of carbonyl (C=O) groups excluding carboxylic acids is 1. The van der Waals surface area contributed by atoms with Crippen LogP contribution in [0.15, 0.2) is 0 Å². The van der Waals surface area contributed by atoms with Gasteiger partial charge in [0.1, 0.15) is 11.8 Å². The van der Waals surface area contributed by atoms with Gasteiger partial charge in [0.15, 0.2) is 0 Å². The maximum Gasteiger partial charge on any atom is 0.212 e. The van der Waals surface area contributed by atoms with Crippen molar-refractivity contribution in [1.29, 1.82) is 0 Å². The third kappa shape index (κ3) is 0.733. The van der Waals surface area contributed by atoms with Crippen LogP contribution in [0.1, 0.15) is 19.3 Å². The molecule has 3 heteroatoms. The van der Waals surface area contributed by atoms with Gasteiger partial charge in [0.2, 0.25) is 7.28 Å². The van der Waals surface area contributed by atoms with Gasteiger partial charge in [-0.15, -0.1) is 0 Å². The van der Waals surface area contributed by atoms with Crippen molar-refractivity contribution >= 4 is 13.0 Å². The molecule has 0 bridgehead atoms. The smallest absolute Gasteiger partial charge is 0.212 e. The van der Waals surface area contributed by atoms with Crippen LogP contribution in [-0.2, 0) is 4.79 Å². The number of hydrogen-bond donors (Lipinski definition) is 1. The standard InChI is InChI=1S/C7H11BO2/c9-6-4-2-1-3-5(4)8-7(6)10/h4-6,8-9H,1-3H2/t4?,5-,6?/m1/s1. The van der Waals surface area contributed by atoms with Gasteiger partial charge in [-0.3, -0.25) is 0 Å². The van der Waals surface area contributed by atoms with Crippen LogP contribution in [-0.4, -0.2) is 24.2 Å². The number of carbonyl (C=O) groups is 1. The van der Waals surface area contributed by atoms with Crippen molar-refractivity contribution < 1.29 is 9.90 Å². The molecule has 10 heavy (non-hydrogen) atoms. The van der Waals surface area contributed by atoms with Gasteiger partial charge in [0.25, 0.3) is 0 Å². The van der Waals surface area contributed by atoms with Gasteiger partial charge in [0.05, 0.1) is 0 Å². The average molecular weight is 138 g/mol. The lowest BCUT2D eigenvalue weighted by atomic mass is 9.65. The summed E-state index contributed by atoms with van der Waals surface area (Å²) in [6, 6.07) is 0. The lowest BCUT2D eigenvalue weighted by molar-refractivity contribution is -0.120. The minimum Gasteiger partial charge on any atom is -0.386 e. The van der Waals surface area contributed by atoms with Gasteiger partial charge in [-0.1, -0.05) is 18.7 Å². The van der Waals surface area contributed by atoms with Crippen LogP contribution in [0.5, 0.6) is 0 Å². The Bertz CT molecular complexity index is 169. The zero-order valence-corrected chi connectivity index (χ0v) is 5.92. The highest BCUT2D eigenvalue weighted by molar-refractivity contribution is 6.77. The van der Waals surface area contributed by atoms with E-state index in [4.69, 9.17) is 0 Å². The number of aliphatic hydroxyl groups excluding tert-OH is 1. The third-order valence-corrected chi connectivity index (χ3v) is 2.92. The van der Waals surface area contributed by atoms with Crippen LogP contribution < -0.4 is 0 Å². The van der Waals surface area contributed by atoms with Crippen molar-refractivity contribution in [2.45, 2.75) is 31.2 Å². The third-order valence-electron chi connectivity index (χ3n) is 2.92. The van der Waals surface area contributed by atoms with Crippen molar-refractivity contribution in [3.05, 3.63) is 0 Å². The molecule has 2 fully saturated rings. The fraction of sp³-hybridized carbons (Fsp3) is 0.857. The number of hydrogen-bond acceptors (Lipinski definition) is 2. The van der Waals surface area contributed by atoms with E-state index in [1.807, 2.05) is 0 Å². The SMILES string of the molecule is O=C1B[C@@H]2CCCC2C1O. The maximum absolute atomic E-state index is 10.9. The van der Waals surface area contributed by atoms with Crippen LogP contribution in [0, 0.1) is 5.92 Å². The molecule has 54 valence electrons. The summed E-state index contributed by atoms with van der Waals surface area (Å²) in [6.45, 7) is 0. The molecule has 3 atom stereocenters. The zero-order valence-electron chi connectivity index (χ0n) is 5.92. The van der Waals surface area contributed by atoms with E-state index in [1.54, 1.807) is 0 Å². The number of aliphatic hydroxyl groups is 1. The molecule has 1 saturated heterocycles. The Morgan fingerprint density at radius 2 is 2.30 bits per heavy atom. The summed E-state index contributed by atoms with van der Waals surface area (Å²) in [4.78, 5) is 10.9. The largest absolute Gasteiger partial charge is 0.386 e. The second-order valence-corrected chi connectivity index (χ2v) is 3.47. The quantitative estimate of drug-likeness (QED) is 0.475. The molecule has 1 saturated carbocycles. The van der Waals surface area contributed by atoms with Crippen LogP contribution in [0.4, 0.5) is 0 Å². The fourth-order valence-electron chi connectivity index (χ4n) is 2.35. The Kier molecular flexibility index (Phi) is 1.34. The molecule has 2 unspecified atom stereocenters. The van der Waals surface area contributed by atoms with E-state index in [-0.39, 0.29) is 5.68 Å². The molecule has 2 aliphatic rings. The summed E-state index contributed by atoms with van der Waals surface area (Å²) in [6.07, 6.45) is 2.83. The van der Waals surface area contributed by atoms with Gasteiger partial charge in [-0.25, -0.2) is 0 Å². The van der Waals surface area contributed by atoms with Gasteiger partial charge < -0.3 is 9.90 Å². The molecule has 1 aliphatic carbocycles. The first-order valence-electron chi connectivity index (χ1n) is 4.00. The van der Waals surface area contributed by atoms with Crippen molar-refractivity contribution in [1.82, 2.24) is 0 Å². The molecule has 1 N–H and O–H groups in total. The van der Waals surface area contributed by atoms with E-state index in [9.17, 15) is 9.90 Å². The fourth-order valence-corrected chi connectivity index (χ4v) is 2.35. The van der Waals surface area contributed by atoms with Gasteiger partial charge >= 0.3 is 0 Å². The van der Waals surface area contributed by atoms with E-state index in [2.05, 4.69) is 0 Å². The summed E-state index contributed by atoms with van der Waals surface area (Å²) in [5.74, 6) is 0.856. The van der Waals surface area contributed by atoms with Crippen molar-refractivity contribution in [3.8, 4) is 0 Å². The van der Waals surface area contributed by atoms with Crippen LogP contribution in [0.2, 0.25) is 5.82 Å². The average Bonchev–Trinajstić information content (AvgIpc) is 2.41. The summed E-state index contributed by atoms with van der Waals surface area (Å²) in [5, 5.41) is 9.32. The summed E-state index contributed by atoms with van der Waals surface area (Å²) in [7, 11) is 0.645. The first-order chi connectivity index (χ1) is 4.79. The van der Waals surface area contributed by atoms with Crippen LogP contribution in [0.3, 0.4) is 0 Å². The Morgan fingerprint density at radius 3 is 3.00 bits per heavy atom. The van der Waals surface area contributed by atoms with Crippen molar-refractivity contribution in [2.75, 3.05) is 0 Å². The molecular formula is C7H11BO2. The molecule has 2 nitrogen and oxygen atoms in total. The second kappa shape index (κ2) is 2.09. The van der Waals surface area contributed by atoms with E-state index < -0.39 is 6.10 Å². The minimum atomic E-state index is -0.604. The molecule has 0 radical (unpaired) electrons. The highest BCUT2D eigenvalue weighted by Crippen LogP contribution is 2.42. The summed E-state index contributed by atoms with van der Waals surface area (Å²) in [5.41, 5.74) is 0.0784. The van der Waals surface area contributed by atoms with Crippen LogP contribution >= 0.6 is 0 Å². The molecule has 0 spiro atoms. The Morgan fingerprint density at radius 1 is 1.50 bits per heavy atom. The number of fused-ring (bicyclic) bond motifs is 1. The molecular weight excluding hydrogens is 127 g/mol. The van der Waals surface area contributed by atoms with Gasteiger partial charge in [-0.2, -0.15) is 0 Å². The lowest BCUT2D eigenvalue weighted by Gasteiger charge is -2.10. The molecule has 0 aromatic heterocycles. The first kappa shape index (κ1) is 6.41. The zero-order chi connectivity index (χ0) is 7.14. The summed E-state index contributed by atoms with van der Waals surface area (Å²) < 4.78 is 0. The molecule has 1 aliphatic heterocycles. The molecule has 0 amide bonds. The minimum absolute atomic E-state index is 0.0784. The predicted molar refractivity (Wildman–Crippen MR) is 39.3 cm³/mol. The summed E-state index contributed by atoms with van der Waals surface area (Å²) >= 11 is 0. The first-order valence-corrected chi connectivity index (χ1v) is 4.00. The van der Waals surface area contributed by atoms with Crippen molar-refractivity contribution in [3.63, 3.8) is 0 Å². The van der Waals surface area contributed by atoms with E-state index in [1.165, 1.54) is 6.42 Å². The molecule has 1 heterocycles. The van der Waals surface area contributed by atoms with Gasteiger partial charge in [0, 0.05) is 0 Å². The highest BCUT2D eigenvalue weighted by Gasteiger charge is 2.44. The van der Waals surface area contributed by atoms with Crippen molar-refractivity contribution in [2.24, 2.45) is 5.92 Å². The normalized spacial score (nSPS) is 45.3. The number of rotatable bonds is 0. The van der Waals surface area contributed by atoms with Gasteiger partial charge in [-0.05, 0) is 12.3 Å². The van der Waals surface area contributed by atoms with E-state index >= 15 is 0 Å². The Hall–Kier alpha value is -0.305. The lowest BCUT2D eigenvalue weighted by Crippen LogP contribution is -2.21. The predicted octanol–water partition coefficient (Wildman–Crippen LogP) is -0.0874. The monoisotopic (exact) mass is 138 g/mol. The molecule has 2 rings (SSSR count). The van der Waals surface area contributed by atoms with E-state index in [0.29, 0.717) is 19.0 Å². The molecule has 0 aromatic rings. The van der Waals surface area contributed by atoms with E-state index in [0.717, 1.165) is 12.8 Å². The highest BCUT2D eigenvalue weighted by atomic mass is 16.3. The Balaban J connectivity index is 2.16. The van der Waals surface area contributed by atoms with Crippen LogP contribution in [0.25, 0.3) is 0 Å². The topological polar surface area (TPSA) is 37.3 Å². The Labute approximate surface area is 60.9 Å². The maximum atomic E-state index is 10.9. The molecule has 0 aromatic carbocycles.